The molecule has 0 atom stereocenters. The minimum absolute atomic E-state index is 0.230. The van der Waals surface area contributed by atoms with Crippen molar-refractivity contribution in [1.29, 1.82) is 0 Å². The number of carbonyl (C=O) groups excluding carboxylic acids is 1. The van der Waals surface area contributed by atoms with Crippen LogP contribution in [0.4, 0.5) is 11.6 Å². The lowest BCUT2D eigenvalue weighted by molar-refractivity contribution is 0.0601. The van der Waals surface area contributed by atoms with E-state index in [9.17, 15) is 9.59 Å². The number of hydrogen-bond acceptors (Lipinski definition) is 6. The molecule has 2 N–H and O–H groups in total. The first-order valence-electron chi connectivity index (χ1n) is 8.02. The summed E-state index contributed by atoms with van der Waals surface area (Å²) in [7, 11) is 1.33. The molecular weight excluding hydrogens is 332 g/mol. The van der Waals surface area contributed by atoms with Crippen molar-refractivity contribution in [3.05, 3.63) is 81.3 Å². The van der Waals surface area contributed by atoms with Gasteiger partial charge in [0.15, 0.2) is 0 Å². The highest BCUT2D eigenvalue weighted by atomic mass is 16.5. The van der Waals surface area contributed by atoms with Crippen molar-refractivity contribution in [2.45, 2.75) is 13.3 Å². The number of benzene rings is 2. The van der Waals surface area contributed by atoms with E-state index in [1.165, 1.54) is 7.11 Å². The van der Waals surface area contributed by atoms with Crippen molar-refractivity contribution in [2.24, 2.45) is 0 Å². The van der Waals surface area contributed by atoms with E-state index < -0.39 is 5.97 Å². The average Bonchev–Trinajstić information content (AvgIpc) is 2.65. The van der Waals surface area contributed by atoms with Gasteiger partial charge in [0, 0.05) is 12.1 Å². The second-order valence-electron chi connectivity index (χ2n) is 5.81. The molecule has 0 fully saturated rings. The highest BCUT2D eigenvalue weighted by molar-refractivity contribution is 5.89. The summed E-state index contributed by atoms with van der Waals surface area (Å²) in [5.74, 6) is -0.182. The minimum atomic E-state index is -0.412. The van der Waals surface area contributed by atoms with Gasteiger partial charge in [-0.1, -0.05) is 29.8 Å². The summed E-state index contributed by atoms with van der Waals surface area (Å²) in [6.45, 7) is 2.01. The van der Waals surface area contributed by atoms with Crippen LogP contribution in [-0.4, -0.2) is 28.3 Å². The molecule has 7 nitrogen and oxygen atoms in total. The minimum Gasteiger partial charge on any atom is -0.465 e. The molecule has 26 heavy (non-hydrogen) atoms. The summed E-state index contributed by atoms with van der Waals surface area (Å²) in [6, 6.07) is 14.5. The lowest BCUT2D eigenvalue weighted by atomic mass is 10.1. The van der Waals surface area contributed by atoms with Crippen LogP contribution in [0.1, 0.15) is 27.2 Å². The second kappa shape index (κ2) is 7.60. The van der Waals surface area contributed by atoms with Crippen molar-refractivity contribution in [2.75, 3.05) is 12.4 Å². The van der Waals surface area contributed by atoms with Crippen LogP contribution in [0, 0.1) is 6.92 Å². The van der Waals surface area contributed by atoms with Gasteiger partial charge in [-0.05, 0) is 36.8 Å². The predicted molar refractivity (Wildman–Crippen MR) is 97.7 cm³/mol. The number of aromatic amines is 1. The summed E-state index contributed by atoms with van der Waals surface area (Å²) in [5, 5.41) is 11.0. The number of aromatic nitrogens is 3. The first kappa shape index (κ1) is 17.3. The SMILES string of the molecule is COC(=O)c1ccc(Nc2nnc(Cc3ccc(C)cc3)c(=O)[nH]2)cc1. The molecule has 3 aromatic rings. The van der Waals surface area contributed by atoms with Crippen LogP contribution in [0.5, 0.6) is 0 Å². The van der Waals surface area contributed by atoms with Gasteiger partial charge in [0.2, 0.25) is 5.95 Å². The van der Waals surface area contributed by atoms with Gasteiger partial charge in [-0.25, -0.2) is 4.79 Å². The number of ether oxygens (including phenoxy) is 1. The van der Waals surface area contributed by atoms with Crippen LogP contribution >= 0.6 is 0 Å². The van der Waals surface area contributed by atoms with Gasteiger partial charge in [-0.15, -0.1) is 10.2 Å². The molecule has 0 bridgehead atoms. The van der Waals surface area contributed by atoms with Crippen molar-refractivity contribution in [1.82, 2.24) is 15.2 Å². The van der Waals surface area contributed by atoms with Crippen LogP contribution in [0.25, 0.3) is 0 Å². The van der Waals surface area contributed by atoms with Gasteiger partial charge >= 0.3 is 5.97 Å². The molecular formula is C19H18N4O3. The summed E-state index contributed by atoms with van der Waals surface area (Å²) < 4.78 is 4.65. The molecule has 132 valence electrons. The van der Waals surface area contributed by atoms with Crippen molar-refractivity contribution in [3.63, 3.8) is 0 Å². The molecule has 1 heterocycles. The highest BCUT2D eigenvalue weighted by Crippen LogP contribution is 2.13. The predicted octanol–water partition coefficient (Wildman–Crippen LogP) is 2.59. The summed E-state index contributed by atoms with van der Waals surface area (Å²) >= 11 is 0. The third-order valence-electron chi connectivity index (χ3n) is 3.83. The number of methoxy groups -OCH3 is 1. The normalized spacial score (nSPS) is 10.4. The zero-order chi connectivity index (χ0) is 18.5. The molecule has 1 aromatic heterocycles. The summed E-state index contributed by atoms with van der Waals surface area (Å²) in [6.07, 6.45) is 0.413. The molecule has 0 aliphatic carbocycles. The number of hydrogen-bond donors (Lipinski definition) is 2. The average molecular weight is 350 g/mol. The molecule has 0 radical (unpaired) electrons. The van der Waals surface area contributed by atoms with Crippen LogP contribution in [0.3, 0.4) is 0 Å². The van der Waals surface area contributed by atoms with Gasteiger partial charge in [-0.3, -0.25) is 9.78 Å². The Morgan fingerprint density at radius 3 is 2.38 bits per heavy atom. The molecule has 0 spiro atoms. The molecule has 0 amide bonds. The number of nitrogens with one attached hydrogen (secondary N) is 2. The van der Waals surface area contributed by atoms with Gasteiger partial charge in [0.25, 0.3) is 5.56 Å². The Bertz CT molecular complexity index is 963. The monoisotopic (exact) mass is 350 g/mol. The highest BCUT2D eigenvalue weighted by Gasteiger charge is 2.08. The molecule has 0 saturated heterocycles. The van der Waals surface area contributed by atoms with E-state index in [0.717, 1.165) is 11.1 Å². The largest absolute Gasteiger partial charge is 0.465 e. The Hall–Kier alpha value is -3.48. The van der Waals surface area contributed by atoms with E-state index in [1.807, 2.05) is 31.2 Å². The van der Waals surface area contributed by atoms with Crippen LogP contribution in [0.15, 0.2) is 53.3 Å². The lowest BCUT2D eigenvalue weighted by Crippen LogP contribution is -2.18. The van der Waals surface area contributed by atoms with Gasteiger partial charge in [-0.2, -0.15) is 0 Å². The number of anilines is 2. The Kier molecular flexibility index (Phi) is 5.07. The zero-order valence-corrected chi connectivity index (χ0v) is 14.4. The topological polar surface area (TPSA) is 97.0 Å². The van der Waals surface area contributed by atoms with E-state index in [1.54, 1.807) is 24.3 Å². The van der Waals surface area contributed by atoms with Gasteiger partial charge in [0.1, 0.15) is 5.69 Å². The van der Waals surface area contributed by atoms with E-state index in [2.05, 4.69) is 25.2 Å². The van der Waals surface area contributed by atoms with Crippen LogP contribution in [0.2, 0.25) is 0 Å². The Morgan fingerprint density at radius 2 is 1.77 bits per heavy atom. The Balaban J connectivity index is 1.72. The molecule has 0 aliphatic rings. The van der Waals surface area contributed by atoms with E-state index in [0.29, 0.717) is 23.4 Å². The summed E-state index contributed by atoms with van der Waals surface area (Å²) in [4.78, 5) is 26.3. The lowest BCUT2D eigenvalue weighted by Gasteiger charge is -2.06. The first-order valence-corrected chi connectivity index (χ1v) is 8.02. The molecule has 0 aliphatic heterocycles. The number of H-pyrrole nitrogens is 1. The van der Waals surface area contributed by atoms with Crippen molar-refractivity contribution in [3.8, 4) is 0 Å². The molecule has 2 aromatic carbocycles. The van der Waals surface area contributed by atoms with E-state index >= 15 is 0 Å². The Morgan fingerprint density at radius 1 is 1.08 bits per heavy atom. The molecule has 3 rings (SSSR count). The smallest absolute Gasteiger partial charge is 0.337 e. The van der Waals surface area contributed by atoms with Crippen molar-refractivity contribution < 1.29 is 9.53 Å². The maximum absolute atomic E-state index is 12.2. The fraction of sp³-hybridized carbons (Fsp3) is 0.158. The number of esters is 1. The number of nitrogens with zero attached hydrogens (tertiary/aromatic N) is 2. The fourth-order valence-electron chi connectivity index (χ4n) is 2.38. The van der Waals surface area contributed by atoms with Gasteiger partial charge in [0.05, 0.1) is 12.7 Å². The van der Waals surface area contributed by atoms with Crippen LogP contribution in [-0.2, 0) is 11.2 Å². The third kappa shape index (κ3) is 4.13. The van der Waals surface area contributed by atoms with E-state index in [-0.39, 0.29) is 11.5 Å². The zero-order valence-electron chi connectivity index (χ0n) is 14.4. The van der Waals surface area contributed by atoms with E-state index in [4.69, 9.17) is 0 Å². The molecule has 0 unspecified atom stereocenters. The standard InChI is InChI=1S/C19H18N4O3/c1-12-3-5-13(6-4-12)11-16-17(24)21-19(23-22-16)20-15-9-7-14(8-10-15)18(25)26-2/h3-10H,11H2,1-2H3,(H2,20,21,23,24). The van der Waals surface area contributed by atoms with Crippen LogP contribution < -0.4 is 10.9 Å². The van der Waals surface area contributed by atoms with Crippen molar-refractivity contribution >= 4 is 17.6 Å². The van der Waals surface area contributed by atoms with Gasteiger partial charge < -0.3 is 10.1 Å². The Labute approximate surface area is 150 Å². The molecule has 7 heteroatoms. The molecule has 0 saturated carbocycles. The quantitative estimate of drug-likeness (QED) is 0.687. The maximum atomic E-state index is 12.2. The number of aryl methyl sites for hydroxylation is 1. The third-order valence-corrected chi connectivity index (χ3v) is 3.83. The number of carbonyl (C=O) groups is 1. The fourth-order valence-corrected chi connectivity index (χ4v) is 2.38. The second-order valence-corrected chi connectivity index (χ2v) is 5.81. The summed E-state index contributed by atoms with van der Waals surface area (Å²) in [5.41, 5.74) is 3.30. The maximum Gasteiger partial charge on any atom is 0.337 e. The number of rotatable bonds is 5. The first-order chi connectivity index (χ1) is 12.5.